The van der Waals surface area contributed by atoms with E-state index >= 15 is 0 Å². The van der Waals surface area contributed by atoms with Crippen molar-refractivity contribution in [1.29, 1.82) is 0 Å². The highest BCUT2D eigenvalue weighted by Crippen LogP contribution is 2.36. The van der Waals surface area contributed by atoms with Crippen LogP contribution in [-0.4, -0.2) is 49.4 Å². The quantitative estimate of drug-likeness (QED) is 0.862. The molecule has 1 atom stereocenters. The van der Waals surface area contributed by atoms with Gasteiger partial charge in [0.2, 0.25) is 0 Å². The summed E-state index contributed by atoms with van der Waals surface area (Å²) in [6.45, 7) is 5.92. The number of nitrogens with one attached hydrogen (secondary N) is 1. The van der Waals surface area contributed by atoms with Gasteiger partial charge >= 0.3 is 0 Å². The summed E-state index contributed by atoms with van der Waals surface area (Å²) in [6, 6.07) is 9.10. The minimum atomic E-state index is 0.126. The normalized spacial score (nSPS) is 28.6. The van der Waals surface area contributed by atoms with Crippen molar-refractivity contribution < 1.29 is 9.47 Å². The van der Waals surface area contributed by atoms with Gasteiger partial charge in [-0.3, -0.25) is 4.90 Å². The SMILES string of the molecule is c1ccc2c(c1)CN(C1CCOC3(CCNCC3)C1)CCO2. The summed E-state index contributed by atoms with van der Waals surface area (Å²) in [5.74, 6) is 1.06. The van der Waals surface area contributed by atoms with Gasteiger partial charge in [0.1, 0.15) is 12.4 Å². The molecule has 0 amide bonds. The first-order valence-corrected chi connectivity index (χ1v) is 8.64. The second-order valence-corrected chi connectivity index (χ2v) is 6.85. The predicted octanol–water partition coefficient (Wildman–Crippen LogP) is 2.18. The zero-order chi connectivity index (χ0) is 14.8. The molecule has 120 valence electrons. The van der Waals surface area contributed by atoms with Crippen molar-refractivity contribution in [2.24, 2.45) is 0 Å². The van der Waals surface area contributed by atoms with Gasteiger partial charge in [0.15, 0.2) is 0 Å². The summed E-state index contributed by atoms with van der Waals surface area (Å²) in [6.07, 6.45) is 4.64. The Labute approximate surface area is 132 Å². The molecular weight excluding hydrogens is 276 g/mol. The van der Waals surface area contributed by atoms with Crippen LogP contribution >= 0.6 is 0 Å². The molecule has 4 rings (SSSR count). The summed E-state index contributed by atoms with van der Waals surface area (Å²) in [5.41, 5.74) is 1.45. The fourth-order valence-corrected chi connectivity index (χ4v) is 4.20. The molecule has 1 aromatic rings. The lowest BCUT2D eigenvalue weighted by Crippen LogP contribution is -2.53. The lowest BCUT2D eigenvalue weighted by molar-refractivity contribution is -0.121. The van der Waals surface area contributed by atoms with Crippen molar-refractivity contribution in [1.82, 2.24) is 10.2 Å². The standard InChI is InChI=1S/C18H26N2O2/c1-2-4-17-15(3-1)14-20(10-12-21-17)16-5-11-22-18(13-16)6-8-19-9-7-18/h1-4,16,19H,5-14H2. The van der Waals surface area contributed by atoms with Crippen LogP contribution in [0.1, 0.15) is 31.2 Å². The molecule has 22 heavy (non-hydrogen) atoms. The number of ether oxygens (including phenoxy) is 2. The Morgan fingerprint density at radius 2 is 2.00 bits per heavy atom. The number of rotatable bonds is 1. The zero-order valence-corrected chi connectivity index (χ0v) is 13.2. The van der Waals surface area contributed by atoms with Crippen molar-refractivity contribution >= 4 is 0 Å². The molecule has 1 spiro atoms. The molecule has 0 bridgehead atoms. The van der Waals surface area contributed by atoms with Gasteiger partial charge in [-0.1, -0.05) is 18.2 Å². The number of nitrogens with zero attached hydrogens (tertiary/aromatic N) is 1. The lowest BCUT2D eigenvalue weighted by atomic mass is 9.82. The molecule has 3 aliphatic heterocycles. The van der Waals surface area contributed by atoms with E-state index < -0.39 is 0 Å². The topological polar surface area (TPSA) is 33.7 Å². The Morgan fingerprint density at radius 1 is 1.14 bits per heavy atom. The van der Waals surface area contributed by atoms with Crippen LogP contribution < -0.4 is 10.1 Å². The van der Waals surface area contributed by atoms with Gasteiger partial charge in [-0.2, -0.15) is 0 Å². The Hall–Kier alpha value is -1.10. The zero-order valence-electron chi connectivity index (χ0n) is 13.2. The van der Waals surface area contributed by atoms with Crippen LogP contribution in [0.2, 0.25) is 0 Å². The minimum Gasteiger partial charge on any atom is -0.492 e. The van der Waals surface area contributed by atoms with Crippen LogP contribution in [0.3, 0.4) is 0 Å². The van der Waals surface area contributed by atoms with Gasteiger partial charge < -0.3 is 14.8 Å². The summed E-state index contributed by atoms with van der Waals surface area (Å²) in [5, 5.41) is 3.46. The highest BCUT2D eigenvalue weighted by atomic mass is 16.5. The Morgan fingerprint density at radius 3 is 2.91 bits per heavy atom. The monoisotopic (exact) mass is 302 g/mol. The Balaban J connectivity index is 1.49. The second kappa shape index (κ2) is 6.19. The molecule has 4 heteroatoms. The summed E-state index contributed by atoms with van der Waals surface area (Å²) in [4.78, 5) is 2.62. The van der Waals surface area contributed by atoms with Crippen molar-refractivity contribution in [2.45, 2.75) is 43.9 Å². The summed E-state index contributed by atoms with van der Waals surface area (Å²) >= 11 is 0. The molecule has 0 saturated carbocycles. The van der Waals surface area contributed by atoms with Crippen molar-refractivity contribution in [3.05, 3.63) is 29.8 Å². The second-order valence-electron chi connectivity index (χ2n) is 6.85. The number of hydrogen-bond donors (Lipinski definition) is 1. The maximum absolute atomic E-state index is 6.23. The average molecular weight is 302 g/mol. The first kappa shape index (κ1) is 14.5. The Bertz CT molecular complexity index is 508. The largest absolute Gasteiger partial charge is 0.492 e. The fraction of sp³-hybridized carbons (Fsp3) is 0.667. The van der Waals surface area contributed by atoms with Crippen LogP contribution in [-0.2, 0) is 11.3 Å². The molecule has 1 unspecified atom stereocenters. The van der Waals surface area contributed by atoms with Crippen molar-refractivity contribution in [3.8, 4) is 5.75 Å². The molecule has 1 N–H and O–H groups in total. The smallest absolute Gasteiger partial charge is 0.123 e. The molecular formula is C18H26N2O2. The lowest BCUT2D eigenvalue weighted by Gasteiger charge is -2.46. The first-order valence-electron chi connectivity index (χ1n) is 8.64. The Kier molecular flexibility index (Phi) is 4.07. The number of benzene rings is 1. The van der Waals surface area contributed by atoms with Gasteiger partial charge in [0.25, 0.3) is 0 Å². The van der Waals surface area contributed by atoms with E-state index in [2.05, 4.69) is 34.5 Å². The average Bonchev–Trinajstić information content (AvgIpc) is 2.78. The summed E-state index contributed by atoms with van der Waals surface area (Å²) in [7, 11) is 0. The molecule has 2 fully saturated rings. The van der Waals surface area contributed by atoms with Gasteiger partial charge in [-0.05, 0) is 44.8 Å². The molecule has 1 aromatic carbocycles. The number of piperidine rings is 1. The predicted molar refractivity (Wildman–Crippen MR) is 86.2 cm³/mol. The van der Waals surface area contributed by atoms with Crippen molar-refractivity contribution in [3.63, 3.8) is 0 Å². The highest BCUT2D eigenvalue weighted by Gasteiger charge is 2.40. The number of fused-ring (bicyclic) bond motifs is 1. The molecule has 2 saturated heterocycles. The van der Waals surface area contributed by atoms with E-state index in [1.165, 1.54) is 12.0 Å². The fourth-order valence-electron chi connectivity index (χ4n) is 4.20. The first-order chi connectivity index (χ1) is 10.8. The third-order valence-corrected chi connectivity index (χ3v) is 5.48. The maximum Gasteiger partial charge on any atom is 0.123 e. The van der Waals surface area contributed by atoms with E-state index in [1.54, 1.807) is 0 Å². The maximum atomic E-state index is 6.23. The molecule has 3 heterocycles. The minimum absolute atomic E-state index is 0.126. The van der Waals surface area contributed by atoms with Crippen LogP contribution in [0.5, 0.6) is 5.75 Å². The highest BCUT2D eigenvalue weighted by molar-refractivity contribution is 5.33. The van der Waals surface area contributed by atoms with E-state index in [-0.39, 0.29) is 5.60 Å². The molecule has 3 aliphatic rings. The van der Waals surface area contributed by atoms with E-state index in [1.807, 2.05) is 0 Å². The molecule has 0 aliphatic carbocycles. The molecule has 4 nitrogen and oxygen atoms in total. The van der Waals surface area contributed by atoms with Gasteiger partial charge in [0.05, 0.1) is 5.60 Å². The molecule has 0 radical (unpaired) electrons. The van der Waals surface area contributed by atoms with E-state index in [9.17, 15) is 0 Å². The van der Waals surface area contributed by atoms with Crippen LogP contribution in [0.25, 0.3) is 0 Å². The van der Waals surface area contributed by atoms with Gasteiger partial charge in [-0.15, -0.1) is 0 Å². The third-order valence-electron chi connectivity index (χ3n) is 5.48. The number of hydrogen-bond acceptors (Lipinski definition) is 4. The summed E-state index contributed by atoms with van der Waals surface area (Å²) < 4.78 is 12.2. The van der Waals surface area contributed by atoms with E-state index in [0.717, 1.165) is 64.4 Å². The van der Waals surface area contributed by atoms with Gasteiger partial charge in [0, 0.05) is 31.3 Å². The number of para-hydroxylation sites is 1. The van der Waals surface area contributed by atoms with Crippen molar-refractivity contribution in [2.75, 3.05) is 32.8 Å². The molecule has 0 aromatic heterocycles. The van der Waals surface area contributed by atoms with E-state index in [0.29, 0.717) is 6.04 Å². The van der Waals surface area contributed by atoms with Crippen LogP contribution in [0.4, 0.5) is 0 Å². The van der Waals surface area contributed by atoms with Gasteiger partial charge in [-0.25, -0.2) is 0 Å². The van der Waals surface area contributed by atoms with E-state index in [4.69, 9.17) is 9.47 Å². The van der Waals surface area contributed by atoms with Crippen LogP contribution in [0.15, 0.2) is 24.3 Å². The van der Waals surface area contributed by atoms with Crippen LogP contribution in [0, 0.1) is 0 Å². The third kappa shape index (κ3) is 2.87.